The molecular formula is C14H20ClF2N5. The average molecular weight is 332 g/mol. The summed E-state index contributed by atoms with van der Waals surface area (Å²) < 4.78 is 27.6. The summed E-state index contributed by atoms with van der Waals surface area (Å²) in [6.45, 7) is -0.0913. The second-order valence-electron chi connectivity index (χ2n) is 5.47. The fourth-order valence-electron chi connectivity index (χ4n) is 2.78. The molecule has 0 unspecified atom stereocenters. The van der Waals surface area contributed by atoms with Gasteiger partial charge in [0.1, 0.15) is 5.82 Å². The van der Waals surface area contributed by atoms with Crippen LogP contribution < -0.4 is 5.32 Å². The quantitative estimate of drug-likeness (QED) is 0.903. The Morgan fingerprint density at radius 2 is 2.05 bits per heavy atom. The number of aryl methyl sites for hydroxylation is 1. The van der Waals surface area contributed by atoms with Crippen molar-refractivity contribution in [1.29, 1.82) is 0 Å². The molecule has 0 aromatic carbocycles. The summed E-state index contributed by atoms with van der Waals surface area (Å²) in [5.41, 5.74) is 2.05. The van der Waals surface area contributed by atoms with Gasteiger partial charge in [-0.25, -0.2) is 4.68 Å². The van der Waals surface area contributed by atoms with E-state index in [1.807, 2.05) is 6.92 Å². The maximum absolute atomic E-state index is 12.4. The van der Waals surface area contributed by atoms with Gasteiger partial charge >= 0.3 is 6.55 Å². The van der Waals surface area contributed by atoms with Crippen LogP contribution >= 0.6 is 12.4 Å². The van der Waals surface area contributed by atoms with Crippen LogP contribution in [0.4, 0.5) is 14.6 Å². The van der Waals surface area contributed by atoms with Crippen LogP contribution in [0.3, 0.4) is 0 Å². The molecule has 0 radical (unpaired) electrons. The molecule has 1 N–H and O–H groups in total. The molecule has 8 heteroatoms. The third-order valence-corrected chi connectivity index (χ3v) is 3.99. The van der Waals surface area contributed by atoms with Gasteiger partial charge in [-0.1, -0.05) is 12.8 Å². The lowest BCUT2D eigenvalue weighted by atomic mass is 10.2. The molecule has 0 saturated heterocycles. The highest BCUT2D eigenvalue weighted by atomic mass is 35.5. The number of hydrogen-bond acceptors (Lipinski definition) is 3. The first-order valence-corrected chi connectivity index (χ1v) is 7.25. The van der Waals surface area contributed by atoms with Crippen molar-refractivity contribution in [2.75, 3.05) is 5.32 Å². The summed E-state index contributed by atoms with van der Waals surface area (Å²) in [6.07, 6.45) is 8.23. The predicted molar refractivity (Wildman–Crippen MR) is 82.5 cm³/mol. The minimum Gasteiger partial charge on any atom is -0.364 e. The zero-order chi connectivity index (χ0) is 14.8. The van der Waals surface area contributed by atoms with Crippen molar-refractivity contribution in [2.24, 2.45) is 0 Å². The maximum atomic E-state index is 12.4. The van der Waals surface area contributed by atoms with Crippen molar-refractivity contribution in [2.45, 2.75) is 51.7 Å². The Labute approximate surface area is 134 Å². The van der Waals surface area contributed by atoms with Gasteiger partial charge in [0, 0.05) is 30.6 Å². The van der Waals surface area contributed by atoms with E-state index in [9.17, 15) is 8.78 Å². The molecule has 1 saturated carbocycles. The Kier molecular flexibility index (Phi) is 5.39. The van der Waals surface area contributed by atoms with Crippen LogP contribution in [0.5, 0.6) is 0 Å². The van der Waals surface area contributed by atoms with Crippen molar-refractivity contribution in [3.8, 4) is 0 Å². The summed E-state index contributed by atoms with van der Waals surface area (Å²) >= 11 is 0. The van der Waals surface area contributed by atoms with Crippen LogP contribution in [0.2, 0.25) is 0 Å². The molecule has 0 atom stereocenters. The van der Waals surface area contributed by atoms with E-state index in [0.29, 0.717) is 23.1 Å². The molecule has 0 spiro atoms. The molecule has 1 fully saturated rings. The fourth-order valence-corrected chi connectivity index (χ4v) is 2.78. The van der Waals surface area contributed by atoms with Gasteiger partial charge in [0.15, 0.2) is 0 Å². The highest BCUT2D eigenvalue weighted by Crippen LogP contribution is 2.29. The summed E-state index contributed by atoms with van der Waals surface area (Å²) in [6, 6.07) is 2.05. The smallest absolute Gasteiger partial charge is 0.333 e. The van der Waals surface area contributed by atoms with Crippen LogP contribution in [0.25, 0.3) is 0 Å². The molecule has 0 aliphatic heterocycles. The second-order valence-corrected chi connectivity index (χ2v) is 5.47. The SMILES string of the molecule is Cc1nn(C2CCCC2)cc1CNc1ccn(C(F)F)n1.Cl. The van der Waals surface area contributed by atoms with E-state index in [4.69, 9.17) is 0 Å². The first kappa shape index (κ1) is 16.7. The zero-order valence-electron chi connectivity index (χ0n) is 12.4. The number of nitrogens with one attached hydrogen (secondary N) is 1. The predicted octanol–water partition coefficient (Wildman–Crippen LogP) is 3.93. The van der Waals surface area contributed by atoms with E-state index in [1.165, 1.54) is 31.9 Å². The topological polar surface area (TPSA) is 47.7 Å². The molecule has 0 amide bonds. The highest BCUT2D eigenvalue weighted by molar-refractivity contribution is 5.85. The van der Waals surface area contributed by atoms with E-state index in [-0.39, 0.29) is 12.4 Å². The van der Waals surface area contributed by atoms with Crippen LogP contribution in [-0.2, 0) is 6.54 Å². The van der Waals surface area contributed by atoms with E-state index in [0.717, 1.165) is 11.3 Å². The molecule has 2 aromatic rings. The normalized spacial score (nSPS) is 15.3. The number of anilines is 1. The average Bonchev–Trinajstić information content (AvgIpc) is 3.17. The van der Waals surface area contributed by atoms with Crippen LogP contribution in [0.15, 0.2) is 18.5 Å². The Bertz CT molecular complexity index is 604. The molecule has 3 rings (SSSR count). The van der Waals surface area contributed by atoms with E-state index in [2.05, 4.69) is 26.4 Å². The minimum atomic E-state index is -2.60. The fraction of sp³-hybridized carbons (Fsp3) is 0.571. The molecule has 2 heterocycles. The summed E-state index contributed by atoms with van der Waals surface area (Å²) in [7, 11) is 0. The van der Waals surface area contributed by atoms with Crippen molar-refractivity contribution in [3.63, 3.8) is 0 Å². The van der Waals surface area contributed by atoms with Crippen molar-refractivity contribution in [1.82, 2.24) is 19.6 Å². The number of hydrogen-bond donors (Lipinski definition) is 1. The van der Waals surface area contributed by atoms with E-state index >= 15 is 0 Å². The minimum absolute atomic E-state index is 0. The van der Waals surface area contributed by atoms with Crippen LogP contribution in [-0.4, -0.2) is 19.6 Å². The molecule has 122 valence electrons. The molecule has 22 heavy (non-hydrogen) atoms. The summed E-state index contributed by atoms with van der Waals surface area (Å²) in [4.78, 5) is 0. The highest BCUT2D eigenvalue weighted by Gasteiger charge is 2.18. The second kappa shape index (κ2) is 7.09. The lowest BCUT2D eigenvalue weighted by Crippen LogP contribution is -2.05. The van der Waals surface area contributed by atoms with Gasteiger partial charge in [-0.2, -0.15) is 19.0 Å². The molecule has 2 aromatic heterocycles. The summed E-state index contributed by atoms with van der Waals surface area (Å²) in [5.74, 6) is 0.448. The Balaban J connectivity index is 0.00000176. The largest absolute Gasteiger partial charge is 0.364 e. The Morgan fingerprint density at radius 1 is 1.32 bits per heavy atom. The lowest BCUT2D eigenvalue weighted by Gasteiger charge is -2.08. The number of halogens is 3. The van der Waals surface area contributed by atoms with Gasteiger partial charge in [0.25, 0.3) is 0 Å². The first-order valence-electron chi connectivity index (χ1n) is 7.25. The monoisotopic (exact) mass is 331 g/mol. The van der Waals surface area contributed by atoms with Gasteiger partial charge in [-0.15, -0.1) is 12.4 Å². The number of rotatable bonds is 5. The van der Waals surface area contributed by atoms with Gasteiger partial charge in [0.2, 0.25) is 0 Å². The Hall–Kier alpha value is -1.63. The standard InChI is InChI=1S/C14H19F2N5.ClH/c1-10-11(9-21(18-10)12-4-2-3-5-12)8-17-13-6-7-20(19-13)14(15)16;/h6-7,9,12,14H,2-5,8H2,1H3,(H,17,19);1H. The third-order valence-electron chi connectivity index (χ3n) is 3.99. The molecular weight excluding hydrogens is 312 g/mol. The zero-order valence-corrected chi connectivity index (χ0v) is 13.2. The van der Waals surface area contributed by atoms with Crippen molar-refractivity contribution >= 4 is 18.2 Å². The van der Waals surface area contributed by atoms with Crippen molar-refractivity contribution < 1.29 is 8.78 Å². The van der Waals surface area contributed by atoms with Crippen LogP contribution in [0.1, 0.15) is 49.5 Å². The van der Waals surface area contributed by atoms with Gasteiger partial charge in [0.05, 0.1) is 11.7 Å². The van der Waals surface area contributed by atoms with Crippen molar-refractivity contribution in [3.05, 3.63) is 29.7 Å². The van der Waals surface area contributed by atoms with Crippen LogP contribution in [0, 0.1) is 6.92 Å². The molecule has 5 nitrogen and oxygen atoms in total. The first-order chi connectivity index (χ1) is 10.1. The molecule has 1 aliphatic carbocycles. The number of alkyl halides is 2. The lowest BCUT2D eigenvalue weighted by molar-refractivity contribution is 0.0569. The number of nitrogens with zero attached hydrogens (tertiary/aromatic N) is 4. The third kappa shape index (κ3) is 3.58. The Morgan fingerprint density at radius 3 is 2.68 bits per heavy atom. The van der Waals surface area contributed by atoms with Gasteiger partial charge < -0.3 is 5.32 Å². The summed E-state index contributed by atoms with van der Waals surface area (Å²) in [5, 5.41) is 11.4. The van der Waals surface area contributed by atoms with E-state index < -0.39 is 6.55 Å². The number of aromatic nitrogens is 4. The molecule has 0 bridgehead atoms. The maximum Gasteiger partial charge on any atom is 0.333 e. The molecule has 1 aliphatic rings. The van der Waals surface area contributed by atoms with Gasteiger partial charge in [-0.3, -0.25) is 4.68 Å². The van der Waals surface area contributed by atoms with E-state index in [1.54, 1.807) is 6.07 Å². The van der Waals surface area contributed by atoms with Gasteiger partial charge in [-0.05, 0) is 19.8 Å².